The SMILES string of the molecule is Nc1cccc(Cl)c1S(=O)(=O)NC1CCOC1. The molecule has 3 N–H and O–H groups in total. The molecule has 1 unspecified atom stereocenters. The highest BCUT2D eigenvalue weighted by molar-refractivity contribution is 7.89. The van der Waals surface area contributed by atoms with E-state index in [0.29, 0.717) is 19.6 Å². The Bertz CT molecular complexity index is 492. The molecule has 1 saturated heterocycles. The van der Waals surface area contributed by atoms with Crippen LogP contribution in [0.15, 0.2) is 23.1 Å². The topological polar surface area (TPSA) is 81.4 Å². The molecule has 94 valence electrons. The van der Waals surface area contributed by atoms with Gasteiger partial charge in [0.05, 0.1) is 17.3 Å². The van der Waals surface area contributed by atoms with Gasteiger partial charge < -0.3 is 10.5 Å². The number of hydrogen-bond acceptors (Lipinski definition) is 4. The van der Waals surface area contributed by atoms with Gasteiger partial charge in [0.15, 0.2) is 0 Å². The monoisotopic (exact) mass is 276 g/mol. The Morgan fingerprint density at radius 2 is 2.24 bits per heavy atom. The second-order valence-electron chi connectivity index (χ2n) is 3.84. The van der Waals surface area contributed by atoms with Gasteiger partial charge in [-0.2, -0.15) is 0 Å². The molecule has 17 heavy (non-hydrogen) atoms. The number of sulfonamides is 1. The Morgan fingerprint density at radius 1 is 1.47 bits per heavy atom. The minimum Gasteiger partial charge on any atom is -0.398 e. The van der Waals surface area contributed by atoms with Gasteiger partial charge in [-0.25, -0.2) is 13.1 Å². The minimum atomic E-state index is -3.69. The van der Waals surface area contributed by atoms with Crippen molar-refractivity contribution in [3.8, 4) is 0 Å². The first kappa shape index (κ1) is 12.6. The van der Waals surface area contributed by atoms with Crippen molar-refractivity contribution >= 4 is 27.3 Å². The van der Waals surface area contributed by atoms with E-state index in [4.69, 9.17) is 22.1 Å². The van der Waals surface area contributed by atoms with Crippen LogP contribution in [0.5, 0.6) is 0 Å². The number of anilines is 1. The summed E-state index contributed by atoms with van der Waals surface area (Å²) in [7, 11) is -3.69. The molecule has 5 nitrogen and oxygen atoms in total. The summed E-state index contributed by atoms with van der Waals surface area (Å²) in [6.07, 6.45) is 0.656. The molecule has 0 spiro atoms. The van der Waals surface area contributed by atoms with E-state index >= 15 is 0 Å². The molecule has 0 aromatic heterocycles. The normalized spacial score (nSPS) is 20.6. The fourth-order valence-corrected chi connectivity index (χ4v) is 3.65. The Morgan fingerprint density at radius 3 is 2.82 bits per heavy atom. The van der Waals surface area contributed by atoms with Gasteiger partial charge in [0.2, 0.25) is 10.0 Å². The Hall–Kier alpha value is -0.820. The van der Waals surface area contributed by atoms with Crippen LogP contribution < -0.4 is 10.5 Å². The maximum absolute atomic E-state index is 12.1. The van der Waals surface area contributed by atoms with E-state index in [1.165, 1.54) is 12.1 Å². The summed E-state index contributed by atoms with van der Waals surface area (Å²) in [6, 6.07) is 4.40. The zero-order valence-corrected chi connectivity index (χ0v) is 10.6. The standard InChI is InChI=1S/C10H13ClN2O3S/c11-8-2-1-3-9(12)10(8)17(14,15)13-7-4-5-16-6-7/h1-3,7,13H,4-6,12H2. The lowest BCUT2D eigenvalue weighted by Crippen LogP contribution is -2.35. The molecule has 1 aromatic rings. The Kier molecular flexibility index (Phi) is 3.58. The number of nitrogens with one attached hydrogen (secondary N) is 1. The van der Waals surface area contributed by atoms with E-state index in [1.807, 2.05) is 0 Å². The molecular formula is C10H13ClN2O3S. The number of rotatable bonds is 3. The zero-order valence-electron chi connectivity index (χ0n) is 9.02. The number of benzene rings is 1. The van der Waals surface area contributed by atoms with E-state index in [1.54, 1.807) is 6.07 Å². The number of nitrogen functional groups attached to an aromatic ring is 1. The molecule has 0 amide bonds. The average molecular weight is 277 g/mol. The van der Waals surface area contributed by atoms with Crippen molar-refractivity contribution in [2.75, 3.05) is 18.9 Å². The Labute approximate surface area is 105 Å². The minimum absolute atomic E-state index is 0.0615. The van der Waals surface area contributed by atoms with Crippen LogP contribution in [0.2, 0.25) is 5.02 Å². The summed E-state index contributed by atoms with van der Waals surface area (Å²) in [5.41, 5.74) is 5.79. The number of halogens is 1. The highest BCUT2D eigenvalue weighted by atomic mass is 35.5. The molecular weight excluding hydrogens is 264 g/mol. The molecule has 1 aliphatic heterocycles. The predicted octanol–water partition coefficient (Wildman–Crippen LogP) is 0.989. The first-order valence-electron chi connectivity index (χ1n) is 5.15. The first-order chi connectivity index (χ1) is 8.00. The van der Waals surface area contributed by atoms with Crippen LogP contribution in [0.25, 0.3) is 0 Å². The lowest BCUT2D eigenvalue weighted by Gasteiger charge is -2.13. The van der Waals surface area contributed by atoms with Crippen LogP contribution in [-0.4, -0.2) is 27.7 Å². The van der Waals surface area contributed by atoms with E-state index in [0.717, 1.165) is 0 Å². The Balaban J connectivity index is 2.31. The van der Waals surface area contributed by atoms with Gasteiger partial charge in [0.1, 0.15) is 4.90 Å². The summed E-state index contributed by atoms with van der Waals surface area (Å²) in [4.78, 5) is -0.0615. The van der Waals surface area contributed by atoms with Gasteiger partial charge >= 0.3 is 0 Å². The smallest absolute Gasteiger partial charge is 0.244 e. The second-order valence-corrected chi connectivity index (χ2v) is 5.90. The van der Waals surface area contributed by atoms with E-state index in [9.17, 15) is 8.42 Å². The molecule has 1 atom stereocenters. The fourth-order valence-electron chi connectivity index (χ4n) is 1.71. The van der Waals surface area contributed by atoms with Gasteiger partial charge in [-0.1, -0.05) is 17.7 Å². The fraction of sp³-hybridized carbons (Fsp3) is 0.400. The van der Waals surface area contributed by atoms with E-state index < -0.39 is 10.0 Å². The third-order valence-corrected chi connectivity index (χ3v) is 4.58. The highest BCUT2D eigenvalue weighted by Gasteiger charge is 2.26. The van der Waals surface area contributed by atoms with Gasteiger partial charge in [0.25, 0.3) is 0 Å². The summed E-state index contributed by atoms with van der Waals surface area (Å²) >= 11 is 5.87. The molecule has 1 aliphatic rings. The van der Waals surface area contributed by atoms with Gasteiger partial charge in [0, 0.05) is 12.6 Å². The third kappa shape index (κ3) is 2.71. The van der Waals surface area contributed by atoms with Crippen LogP contribution in [0.1, 0.15) is 6.42 Å². The number of nitrogens with two attached hydrogens (primary N) is 1. The van der Waals surface area contributed by atoms with Crippen molar-refractivity contribution in [1.29, 1.82) is 0 Å². The zero-order chi connectivity index (χ0) is 12.5. The van der Waals surface area contributed by atoms with Crippen molar-refractivity contribution < 1.29 is 13.2 Å². The van der Waals surface area contributed by atoms with Crippen molar-refractivity contribution in [1.82, 2.24) is 4.72 Å². The largest absolute Gasteiger partial charge is 0.398 e. The van der Waals surface area contributed by atoms with Gasteiger partial charge in [-0.05, 0) is 18.6 Å². The van der Waals surface area contributed by atoms with Crippen LogP contribution in [0, 0.1) is 0 Å². The quantitative estimate of drug-likeness (QED) is 0.807. The van der Waals surface area contributed by atoms with E-state index in [-0.39, 0.29) is 21.6 Å². The van der Waals surface area contributed by atoms with Gasteiger partial charge in [-0.3, -0.25) is 0 Å². The lowest BCUT2D eigenvalue weighted by molar-refractivity contribution is 0.192. The first-order valence-corrected chi connectivity index (χ1v) is 7.01. The summed E-state index contributed by atoms with van der Waals surface area (Å²) < 4.78 is 31.8. The maximum Gasteiger partial charge on any atom is 0.244 e. The van der Waals surface area contributed by atoms with Crippen LogP contribution in [0.3, 0.4) is 0 Å². The van der Waals surface area contributed by atoms with Crippen LogP contribution in [-0.2, 0) is 14.8 Å². The molecule has 0 saturated carbocycles. The number of hydrogen-bond donors (Lipinski definition) is 2. The molecule has 1 aromatic carbocycles. The van der Waals surface area contributed by atoms with Gasteiger partial charge in [-0.15, -0.1) is 0 Å². The van der Waals surface area contributed by atoms with Crippen molar-refractivity contribution in [3.05, 3.63) is 23.2 Å². The molecule has 2 rings (SSSR count). The van der Waals surface area contributed by atoms with Crippen LogP contribution in [0.4, 0.5) is 5.69 Å². The van der Waals surface area contributed by atoms with Crippen molar-refractivity contribution in [2.45, 2.75) is 17.4 Å². The average Bonchev–Trinajstić information content (AvgIpc) is 2.68. The number of ether oxygens (including phenoxy) is 1. The molecule has 0 aliphatic carbocycles. The van der Waals surface area contributed by atoms with Crippen molar-refractivity contribution in [3.63, 3.8) is 0 Å². The predicted molar refractivity (Wildman–Crippen MR) is 65.4 cm³/mol. The van der Waals surface area contributed by atoms with E-state index in [2.05, 4.69) is 4.72 Å². The van der Waals surface area contributed by atoms with Crippen molar-refractivity contribution in [2.24, 2.45) is 0 Å². The molecule has 7 heteroatoms. The molecule has 1 heterocycles. The van der Waals surface area contributed by atoms with Crippen LogP contribution >= 0.6 is 11.6 Å². The summed E-state index contributed by atoms with van der Waals surface area (Å²) in [6.45, 7) is 0.939. The third-order valence-electron chi connectivity index (χ3n) is 2.52. The summed E-state index contributed by atoms with van der Waals surface area (Å²) in [5.74, 6) is 0. The molecule has 0 bridgehead atoms. The molecule has 0 radical (unpaired) electrons. The lowest BCUT2D eigenvalue weighted by atomic mass is 10.3. The highest BCUT2D eigenvalue weighted by Crippen LogP contribution is 2.27. The second kappa shape index (κ2) is 4.81. The summed E-state index contributed by atoms with van der Waals surface area (Å²) in [5, 5.41) is 0.122. The molecule has 1 fully saturated rings. The maximum atomic E-state index is 12.1.